The van der Waals surface area contributed by atoms with Gasteiger partial charge in [0.15, 0.2) is 0 Å². The number of halogens is 1. The predicted molar refractivity (Wildman–Crippen MR) is 110 cm³/mol. The molecule has 0 saturated carbocycles. The number of benzene rings is 2. The van der Waals surface area contributed by atoms with Gasteiger partial charge in [-0.3, -0.25) is 14.9 Å². The zero-order valence-electron chi connectivity index (χ0n) is 16.1. The Morgan fingerprint density at radius 3 is 2.41 bits per heavy atom. The molecule has 0 bridgehead atoms. The third kappa shape index (κ3) is 6.38. The van der Waals surface area contributed by atoms with Gasteiger partial charge in [-0.2, -0.15) is 0 Å². The number of aryl methyl sites for hydroxylation is 1. The molecule has 27 heavy (non-hydrogen) atoms. The van der Waals surface area contributed by atoms with Crippen molar-refractivity contribution in [2.24, 2.45) is 0 Å². The van der Waals surface area contributed by atoms with Crippen molar-refractivity contribution in [1.29, 1.82) is 0 Å². The number of hydrogen-bond donors (Lipinski definition) is 2. The fourth-order valence-electron chi connectivity index (χ4n) is 2.78. The van der Waals surface area contributed by atoms with Gasteiger partial charge in [0.05, 0.1) is 12.6 Å². The first-order valence-corrected chi connectivity index (χ1v) is 9.27. The van der Waals surface area contributed by atoms with E-state index in [4.69, 9.17) is 11.6 Å². The van der Waals surface area contributed by atoms with E-state index in [9.17, 15) is 9.59 Å². The third-order valence-corrected chi connectivity index (χ3v) is 4.55. The Hall–Kier alpha value is -2.37. The maximum absolute atomic E-state index is 12.6. The Morgan fingerprint density at radius 1 is 1.11 bits per heavy atom. The zero-order chi connectivity index (χ0) is 20.0. The summed E-state index contributed by atoms with van der Waals surface area (Å²) in [4.78, 5) is 26.2. The van der Waals surface area contributed by atoms with Crippen molar-refractivity contribution < 1.29 is 9.59 Å². The number of nitrogens with one attached hydrogen (secondary N) is 2. The van der Waals surface area contributed by atoms with Crippen LogP contribution in [-0.4, -0.2) is 36.3 Å². The normalized spacial score (nSPS) is 12.9. The van der Waals surface area contributed by atoms with Crippen molar-refractivity contribution in [2.45, 2.75) is 32.9 Å². The van der Waals surface area contributed by atoms with E-state index in [0.717, 1.165) is 11.1 Å². The molecule has 0 fully saturated rings. The highest BCUT2D eigenvalue weighted by Crippen LogP contribution is 2.18. The fraction of sp³-hybridized carbons (Fsp3) is 0.333. The lowest BCUT2D eigenvalue weighted by Gasteiger charge is -2.24. The van der Waals surface area contributed by atoms with Crippen molar-refractivity contribution >= 4 is 29.1 Å². The van der Waals surface area contributed by atoms with E-state index in [1.807, 2.05) is 62.4 Å². The van der Waals surface area contributed by atoms with E-state index in [1.54, 1.807) is 14.0 Å². The first kappa shape index (κ1) is 20.9. The molecule has 0 aliphatic rings. The molecular weight excluding hydrogens is 362 g/mol. The van der Waals surface area contributed by atoms with Crippen molar-refractivity contribution in [3.8, 4) is 0 Å². The van der Waals surface area contributed by atoms with Crippen LogP contribution in [0.15, 0.2) is 48.5 Å². The summed E-state index contributed by atoms with van der Waals surface area (Å²) in [7, 11) is 1.62. The first-order valence-electron chi connectivity index (χ1n) is 8.89. The molecule has 2 N–H and O–H groups in total. The van der Waals surface area contributed by atoms with Gasteiger partial charge in [-0.1, -0.05) is 41.4 Å². The standard InChI is InChI=1S/C21H26ClN3O2/c1-14-8-10-19(11-9-14)24-20(26)13-25(4)21(27)16(3)23-15(2)17-6-5-7-18(22)12-17/h5-12,15-16,23H,13H2,1-4H3,(H,24,26)/t15-,16+/m1/s1. The van der Waals surface area contributed by atoms with Crippen molar-refractivity contribution in [1.82, 2.24) is 10.2 Å². The Labute approximate surface area is 165 Å². The molecule has 5 nitrogen and oxygen atoms in total. The molecule has 2 rings (SSSR count). The van der Waals surface area contributed by atoms with Gasteiger partial charge in [-0.05, 0) is 50.6 Å². The highest BCUT2D eigenvalue weighted by molar-refractivity contribution is 6.30. The van der Waals surface area contributed by atoms with E-state index in [2.05, 4.69) is 10.6 Å². The number of hydrogen-bond acceptors (Lipinski definition) is 3. The predicted octanol–water partition coefficient (Wildman–Crippen LogP) is 3.78. The van der Waals surface area contributed by atoms with Crippen LogP contribution in [0.3, 0.4) is 0 Å². The summed E-state index contributed by atoms with van der Waals surface area (Å²) in [5.41, 5.74) is 2.84. The van der Waals surface area contributed by atoms with Crippen LogP contribution >= 0.6 is 11.6 Å². The number of carbonyl (C=O) groups is 2. The number of amides is 2. The molecule has 0 radical (unpaired) electrons. The fourth-order valence-corrected chi connectivity index (χ4v) is 2.98. The summed E-state index contributed by atoms with van der Waals surface area (Å²) in [6.45, 7) is 5.73. The molecule has 0 heterocycles. The second kappa shape index (κ2) is 9.53. The van der Waals surface area contributed by atoms with Crippen LogP contribution < -0.4 is 10.6 Å². The van der Waals surface area contributed by atoms with Gasteiger partial charge in [0.25, 0.3) is 0 Å². The van der Waals surface area contributed by atoms with Crippen LogP contribution in [0, 0.1) is 6.92 Å². The molecule has 6 heteroatoms. The van der Waals surface area contributed by atoms with Gasteiger partial charge >= 0.3 is 0 Å². The summed E-state index contributed by atoms with van der Waals surface area (Å²) < 4.78 is 0. The number of likely N-dealkylation sites (N-methyl/N-ethyl adjacent to an activating group) is 1. The molecule has 0 aliphatic carbocycles. The highest BCUT2D eigenvalue weighted by atomic mass is 35.5. The Kier molecular flexibility index (Phi) is 7.39. The maximum Gasteiger partial charge on any atom is 0.243 e. The summed E-state index contributed by atoms with van der Waals surface area (Å²) in [6.07, 6.45) is 0. The molecule has 0 unspecified atom stereocenters. The molecule has 2 aromatic rings. The number of nitrogens with zero attached hydrogens (tertiary/aromatic N) is 1. The number of carbonyl (C=O) groups excluding carboxylic acids is 2. The average molecular weight is 388 g/mol. The molecule has 0 spiro atoms. The van der Waals surface area contributed by atoms with Crippen LogP contribution in [-0.2, 0) is 9.59 Å². The minimum atomic E-state index is -0.434. The lowest BCUT2D eigenvalue weighted by Crippen LogP contribution is -2.46. The molecule has 0 saturated heterocycles. The van der Waals surface area contributed by atoms with Crippen molar-refractivity contribution in [3.05, 3.63) is 64.7 Å². The quantitative estimate of drug-likeness (QED) is 0.759. The second-order valence-corrected chi connectivity index (χ2v) is 7.21. The minimum Gasteiger partial charge on any atom is -0.335 e. The van der Waals surface area contributed by atoms with E-state index in [0.29, 0.717) is 10.7 Å². The smallest absolute Gasteiger partial charge is 0.243 e. The van der Waals surface area contributed by atoms with Gasteiger partial charge in [-0.25, -0.2) is 0 Å². The van der Waals surface area contributed by atoms with Gasteiger partial charge in [0.1, 0.15) is 0 Å². The monoisotopic (exact) mass is 387 g/mol. The third-order valence-electron chi connectivity index (χ3n) is 4.31. The second-order valence-electron chi connectivity index (χ2n) is 6.77. The minimum absolute atomic E-state index is 0.00965. The molecule has 0 aromatic heterocycles. The van der Waals surface area contributed by atoms with Crippen molar-refractivity contribution in [3.63, 3.8) is 0 Å². The SMILES string of the molecule is Cc1ccc(NC(=O)CN(C)C(=O)[C@H](C)N[C@H](C)c2cccc(Cl)c2)cc1. The molecule has 0 aliphatic heterocycles. The summed E-state index contributed by atoms with van der Waals surface area (Å²) in [5, 5.41) is 6.71. The maximum atomic E-state index is 12.6. The Bertz CT molecular complexity index is 792. The largest absolute Gasteiger partial charge is 0.335 e. The van der Waals surface area contributed by atoms with E-state index in [-0.39, 0.29) is 24.4 Å². The lowest BCUT2D eigenvalue weighted by molar-refractivity contribution is -0.135. The van der Waals surface area contributed by atoms with Crippen LogP contribution in [0.4, 0.5) is 5.69 Å². The van der Waals surface area contributed by atoms with E-state index < -0.39 is 6.04 Å². The number of anilines is 1. The van der Waals surface area contributed by atoms with Gasteiger partial charge in [-0.15, -0.1) is 0 Å². The molecule has 2 atom stereocenters. The molecule has 2 amide bonds. The zero-order valence-corrected chi connectivity index (χ0v) is 16.9. The van der Waals surface area contributed by atoms with Crippen molar-refractivity contribution in [2.75, 3.05) is 18.9 Å². The molecule has 144 valence electrons. The van der Waals surface area contributed by atoms with E-state index >= 15 is 0 Å². The Balaban J connectivity index is 1.87. The average Bonchev–Trinajstić information content (AvgIpc) is 2.62. The van der Waals surface area contributed by atoms with Gasteiger partial charge in [0.2, 0.25) is 11.8 Å². The Morgan fingerprint density at radius 2 is 1.78 bits per heavy atom. The van der Waals surface area contributed by atoms with Gasteiger partial charge < -0.3 is 10.2 Å². The van der Waals surface area contributed by atoms with Crippen LogP contribution in [0.1, 0.15) is 31.0 Å². The number of rotatable bonds is 7. The lowest BCUT2D eigenvalue weighted by atomic mass is 10.1. The topological polar surface area (TPSA) is 61.4 Å². The summed E-state index contributed by atoms with van der Waals surface area (Å²) in [6, 6.07) is 14.6. The molecular formula is C21H26ClN3O2. The highest BCUT2D eigenvalue weighted by Gasteiger charge is 2.21. The van der Waals surface area contributed by atoms with Crippen LogP contribution in [0.25, 0.3) is 0 Å². The molecule has 2 aromatic carbocycles. The van der Waals surface area contributed by atoms with Crippen LogP contribution in [0.2, 0.25) is 5.02 Å². The summed E-state index contributed by atoms with van der Waals surface area (Å²) in [5.74, 6) is -0.382. The van der Waals surface area contributed by atoms with Crippen LogP contribution in [0.5, 0.6) is 0 Å². The summed E-state index contributed by atoms with van der Waals surface area (Å²) >= 11 is 6.02. The van der Waals surface area contributed by atoms with Gasteiger partial charge in [0, 0.05) is 23.8 Å². The first-order chi connectivity index (χ1) is 12.8. The van der Waals surface area contributed by atoms with E-state index in [1.165, 1.54) is 4.90 Å².